The van der Waals surface area contributed by atoms with Crippen molar-refractivity contribution >= 4 is 23.3 Å². The Morgan fingerprint density at radius 3 is 2.32 bits per heavy atom. The van der Waals surface area contributed by atoms with Gasteiger partial charge in [-0.25, -0.2) is 4.98 Å². The number of hydrogen-bond donors (Lipinski definition) is 0. The van der Waals surface area contributed by atoms with Gasteiger partial charge in [-0.1, -0.05) is 25.4 Å². The molecule has 3 rings (SSSR count). The molecular weight excluding hydrogens is 393 g/mol. The zero-order chi connectivity index (χ0) is 20.5. The highest BCUT2D eigenvalue weighted by atomic mass is 35.5. The van der Waals surface area contributed by atoms with E-state index in [1.807, 2.05) is 9.80 Å². The first-order chi connectivity index (χ1) is 13.1. The van der Waals surface area contributed by atoms with Crippen LogP contribution < -0.4 is 4.90 Å². The third-order valence-electron chi connectivity index (χ3n) is 5.40. The van der Waals surface area contributed by atoms with Crippen LogP contribution in [0.5, 0.6) is 0 Å². The number of alkyl halides is 3. The maximum absolute atomic E-state index is 12.8. The number of halogens is 4. The third-order valence-corrected chi connectivity index (χ3v) is 5.68. The van der Waals surface area contributed by atoms with Crippen molar-refractivity contribution in [3.05, 3.63) is 22.8 Å². The van der Waals surface area contributed by atoms with Gasteiger partial charge in [0, 0.05) is 45.5 Å². The molecule has 0 spiro atoms. The van der Waals surface area contributed by atoms with E-state index >= 15 is 0 Å². The number of hydrogen-bond acceptors (Lipinski definition) is 4. The van der Waals surface area contributed by atoms with E-state index < -0.39 is 11.7 Å². The minimum Gasteiger partial charge on any atom is -0.353 e. The molecule has 2 saturated heterocycles. The molecule has 1 aromatic heterocycles. The van der Waals surface area contributed by atoms with E-state index in [-0.39, 0.29) is 10.9 Å². The number of carbonyl (C=O) groups is 1. The number of amides is 1. The minimum absolute atomic E-state index is 0.00403. The van der Waals surface area contributed by atoms with Crippen LogP contribution in [0.15, 0.2) is 12.3 Å². The third kappa shape index (κ3) is 5.08. The van der Waals surface area contributed by atoms with Crippen LogP contribution in [-0.4, -0.2) is 66.5 Å². The quantitative estimate of drug-likeness (QED) is 0.754. The molecule has 2 aliphatic heterocycles. The van der Waals surface area contributed by atoms with Gasteiger partial charge in [-0.3, -0.25) is 9.69 Å². The standard InChI is InChI=1S/C19H26ClF3N4O/c1-13-7-14(2)11-27(10-13)17(28)12-25-3-5-26(6-4-25)18-16(20)8-15(9-24-18)19(21,22)23/h8-9,13-14H,3-7,10-12H2,1-2H3. The van der Waals surface area contributed by atoms with Crippen molar-refractivity contribution in [1.82, 2.24) is 14.8 Å². The van der Waals surface area contributed by atoms with E-state index in [9.17, 15) is 18.0 Å². The average molecular weight is 419 g/mol. The number of carbonyl (C=O) groups excluding carboxylic acids is 1. The van der Waals surface area contributed by atoms with E-state index in [4.69, 9.17) is 11.6 Å². The summed E-state index contributed by atoms with van der Waals surface area (Å²) in [5, 5.41) is -0.00403. The van der Waals surface area contributed by atoms with Gasteiger partial charge in [-0.15, -0.1) is 0 Å². The van der Waals surface area contributed by atoms with Crippen molar-refractivity contribution < 1.29 is 18.0 Å². The summed E-state index contributed by atoms with van der Waals surface area (Å²) in [6, 6.07) is 0.915. The molecule has 2 fully saturated rings. The molecule has 156 valence electrons. The molecule has 0 radical (unpaired) electrons. The van der Waals surface area contributed by atoms with E-state index in [2.05, 4.69) is 23.7 Å². The highest BCUT2D eigenvalue weighted by Gasteiger charge is 2.33. The zero-order valence-electron chi connectivity index (χ0n) is 16.2. The maximum Gasteiger partial charge on any atom is 0.417 e. The largest absolute Gasteiger partial charge is 0.417 e. The Hall–Kier alpha value is -1.54. The molecular formula is C19H26ClF3N4O. The molecule has 5 nitrogen and oxygen atoms in total. The van der Waals surface area contributed by atoms with Crippen LogP contribution in [0.4, 0.5) is 19.0 Å². The normalized spacial score (nSPS) is 24.5. The summed E-state index contributed by atoms with van der Waals surface area (Å²) in [6.07, 6.45) is -2.49. The molecule has 2 unspecified atom stereocenters. The second-order valence-electron chi connectivity index (χ2n) is 8.04. The Kier molecular flexibility index (Phi) is 6.39. The van der Waals surface area contributed by atoms with Crippen LogP contribution in [0.3, 0.4) is 0 Å². The average Bonchev–Trinajstić information content (AvgIpc) is 2.61. The molecule has 28 heavy (non-hydrogen) atoms. The fourth-order valence-corrected chi connectivity index (χ4v) is 4.38. The van der Waals surface area contributed by atoms with Crippen LogP contribution >= 0.6 is 11.6 Å². The highest BCUT2D eigenvalue weighted by molar-refractivity contribution is 6.33. The summed E-state index contributed by atoms with van der Waals surface area (Å²) in [5.41, 5.74) is -0.851. The van der Waals surface area contributed by atoms with Gasteiger partial charge in [0.25, 0.3) is 0 Å². The molecule has 0 aromatic carbocycles. The molecule has 0 bridgehead atoms. The van der Waals surface area contributed by atoms with Crippen LogP contribution in [0, 0.1) is 11.8 Å². The Bertz CT molecular complexity index is 697. The van der Waals surface area contributed by atoms with Gasteiger partial charge in [-0.05, 0) is 24.3 Å². The second kappa shape index (κ2) is 8.45. The lowest BCUT2D eigenvalue weighted by molar-refractivity contribution is -0.138. The lowest BCUT2D eigenvalue weighted by Crippen LogP contribution is -2.52. The van der Waals surface area contributed by atoms with Crippen molar-refractivity contribution in [3.8, 4) is 0 Å². The fraction of sp³-hybridized carbons (Fsp3) is 0.684. The molecule has 3 heterocycles. The first-order valence-corrected chi connectivity index (χ1v) is 9.99. The molecule has 1 aromatic rings. The number of nitrogens with zero attached hydrogens (tertiary/aromatic N) is 4. The lowest BCUT2D eigenvalue weighted by atomic mass is 9.92. The Balaban J connectivity index is 1.54. The van der Waals surface area contributed by atoms with Gasteiger partial charge in [0.1, 0.15) is 5.82 Å². The van der Waals surface area contributed by atoms with Crippen molar-refractivity contribution in [3.63, 3.8) is 0 Å². The van der Waals surface area contributed by atoms with E-state index in [1.165, 1.54) is 0 Å². The summed E-state index contributed by atoms with van der Waals surface area (Å²) in [4.78, 5) is 22.5. The number of aromatic nitrogens is 1. The highest BCUT2D eigenvalue weighted by Crippen LogP contribution is 2.33. The van der Waals surface area contributed by atoms with Crippen molar-refractivity contribution in [2.24, 2.45) is 11.8 Å². The Labute approximate surface area is 168 Å². The van der Waals surface area contributed by atoms with E-state index in [0.29, 0.717) is 50.4 Å². The lowest BCUT2D eigenvalue weighted by Gasteiger charge is -2.38. The fourth-order valence-electron chi connectivity index (χ4n) is 4.09. The molecule has 9 heteroatoms. The molecule has 2 aliphatic rings. The number of piperazine rings is 1. The van der Waals surface area contributed by atoms with Crippen LogP contribution in [0.25, 0.3) is 0 Å². The first kappa shape index (κ1) is 21.2. The van der Waals surface area contributed by atoms with Gasteiger partial charge in [0.15, 0.2) is 0 Å². The van der Waals surface area contributed by atoms with Gasteiger partial charge >= 0.3 is 6.18 Å². The molecule has 0 aliphatic carbocycles. The number of pyridine rings is 1. The summed E-state index contributed by atoms with van der Waals surface area (Å²) in [7, 11) is 0. The number of anilines is 1. The number of piperidine rings is 1. The van der Waals surface area contributed by atoms with Crippen molar-refractivity contribution in [2.75, 3.05) is 50.7 Å². The van der Waals surface area contributed by atoms with Crippen LogP contribution in [0.2, 0.25) is 5.02 Å². The van der Waals surface area contributed by atoms with Gasteiger partial charge < -0.3 is 9.80 Å². The summed E-state index contributed by atoms with van der Waals surface area (Å²) in [5.74, 6) is 1.56. The summed E-state index contributed by atoms with van der Waals surface area (Å²) >= 11 is 6.04. The molecule has 0 saturated carbocycles. The monoisotopic (exact) mass is 418 g/mol. The van der Waals surface area contributed by atoms with Gasteiger partial charge in [0.2, 0.25) is 5.91 Å². The Morgan fingerprint density at radius 2 is 1.79 bits per heavy atom. The topological polar surface area (TPSA) is 39.7 Å². The minimum atomic E-state index is -4.46. The summed E-state index contributed by atoms with van der Waals surface area (Å²) < 4.78 is 38.3. The number of rotatable bonds is 3. The van der Waals surface area contributed by atoms with Crippen molar-refractivity contribution in [1.29, 1.82) is 0 Å². The molecule has 1 amide bonds. The smallest absolute Gasteiger partial charge is 0.353 e. The van der Waals surface area contributed by atoms with Gasteiger partial charge in [0.05, 0.1) is 17.1 Å². The zero-order valence-corrected chi connectivity index (χ0v) is 16.9. The molecule has 0 N–H and O–H groups in total. The van der Waals surface area contributed by atoms with Crippen molar-refractivity contribution in [2.45, 2.75) is 26.4 Å². The molecule has 2 atom stereocenters. The van der Waals surface area contributed by atoms with Crippen LogP contribution in [-0.2, 0) is 11.0 Å². The van der Waals surface area contributed by atoms with E-state index in [1.54, 1.807) is 0 Å². The van der Waals surface area contributed by atoms with E-state index in [0.717, 1.165) is 31.8 Å². The van der Waals surface area contributed by atoms with Gasteiger partial charge in [-0.2, -0.15) is 13.2 Å². The summed E-state index contributed by atoms with van der Waals surface area (Å²) in [6.45, 7) is 8.78. The SMILES string of the molecule is CC1CC(C)CN(C(=O)CN2CCN(c3ncc(C(F)(F)F)cc3Cl)CC2)C1. The Morgan fingerprint density at radius 1 is 1.18 bits per heavy atom. The maximum atomic E-state index is 12.8. The predicted octanol–water partition coefficient (Wildman–Crippen LogP) is 3.38. The number of likely N-dealkylation sites (tertiary alicyclic amines) is 1. The predicted molar refractivity (Wildman–Crippen MR) is 102 cm³/mol. The first-order valence-electron chi connectivity index (χ1n) is 9.61. The second-order valence-corrected chi connectivity index (χ2v) is 8.44. The van der Waals surface area contributed by atoms with Crippen LogP contribution in [0.1, 0.15) is 25.8 Å².